The summed E-state index contributed by atoms with van der Waals surface area (Å²) >= 11 is 0. The largest absolute Gasteiger partial charge is 0.339 e. The van der Waals surface area contributed by atoms with Gasteiger partial charge in [-0.3, -0.25) is 9.69 Å². The highest BCUT2D eigenvalue weighted by Gasteiger charge is 2.27. The summed E-state index contributed by atoms with van der Waals surface area (Å²) in [5.74, 6) is 0.0762. The number of rotatable bonds is 3. The summed E-state index contributed by atoms with van der Waals surface area (Å²) in [4.78, 5) is 16.1. The average Bonchev–Trinajstić information content (AvgIpc) is 2.38. The average molecular weight is 304 g/mol. The number of nitrogens with zero attached hydrogens (tertiary/aromatic N) is 3. The number of carbonyl (C=O) groups excluding carboxylic acids is 1. The molecule has 0 radical (unpaired) electrons. The highest BCUT2D eigenvalue weighted by molar-refractivity contribution is 7.88. The van der Waals surface area contributed by atoms with Crippen LogP contribution in [-0.2, 0) is 14.8 Å². The molecule has 0 saturated carbocycles. The van der Waals surface area contributed by atoms with Crippen molar-refractivity contribution in [1.82, 2.24) is 14.1 Å². The molecule has 7 nitrogen and oxygen atoms in total. The van der Waals surface area contributed by atoms with Crippen LogP contribution < -0.4 is 5.73 Å². The first-order valence-electron chi connectivity index (χ1n) is 7.07. The Hall–Kier alpha value is -0.700. The first-order valence-corrected chi connectivity index (χ1v) is 8.92. The summed E-state index contributed by atoms with van der Waals surface area (Å²) in [7, 11) is -3.14. The van der Waals surface area contributed by atoms with Gasteiger partial charge < -0.3 is 10.6 Å². The first kappa shape index (κ1) is 15.7. The second-order valence-electron chi connectivity index (χ2n) is 5.68. The minimum Gasteiger partial charge on any atom is -0.339 e. The summed E-state index contributed by atoms with van der Waals surface area (Å²) in [6, 6.07) is 0.165. The van der Waals surface area contributed by atoms with Crippen molar-refractivity contribution >= 4 is 15.9 Å². The van der Waals surface area contributed by atoms with Gasteiger partial charge in [-0.1, -0.05) is 0 Å². The van der Waals surface area contributed by atoms with Crippen molar-refractivity contribution in [2.75, 3.05) is 52.1 Å². The molecule has 20 heavy (non-hydrogen) atoms. The van der Waals surface area contributed by atoms with Crippen molar-refractivity contribution in [2.24, 2.45) is 5.73 Å². The number of piperidine rings is 1. The molecular formula is C12H24N4O3S. The molecule has 0 bridgehead atoms. The van der Waals surface area contributed by atoms with E-state index in [4.69, 9.17) is 5.73 Å². The molecule has 2 heterocycles. The highest BCUT2D eigenvalue weighted by Crippen LogP contribution is 2.10. The Morgan fingerprint density at radius 1 is 1.20 bits per heavy atom. The van der Waals surface area contributed by atoms with Crippen LogP contribution in [-0.4, -0.2) is 86.5 Å². The predicted molar refractivity (Wildman–Crippen MR) is 76.6 cm³/mol. The third kappa shape index (κ3) is 4.15. The van der Waals surface area contributed by atoms with Crippen LogP contribution in [0.5, 0.6) is 0 Å². The SMILES string of the molecule is CS(=O)(=O)N1CCN(C(=O)CN2CCCC(N)C2)CC1. The number of sulfonamides is 1. The standard InChI is InChI=1S/C12H24N4O3S/c1-20(18,19)16-7-5-15(6-8-16)12(17)10-14-4-2-3-11(13)9-14/h11H,2-10,13H2,1H3. The van der Waals surface area contributed by atoms with E-state index in [0.29, 0.717) is 32.7 Å². The molecule has 2 aliphatic heterocycles. The maximum absolute atomic E-state index is 12.2. The maximum Gasteiger partial charge on any atom is 0.236 e. The zero-order valence-electron chi connectivity index (χ0n) is 12.0. The summed E-state index contributed by atoms with van der Waals surface area (Å²) in [6.45, 7) is 3.83. The number of likely N-dealkylation sites (tertiary alicyclic amines) is 1. The lowest BCUT2D eigenvalue weighted by Crippen LogP contribution is -2.53. The van der Waals surface area contributed by atoms with Crippen molar-refractivity contribution in [3.8, 4) is 0 Å². The predicted octanol–water partition coefficient (Wildman–Crippen LogP) is -1.49. The Balaban J connectivity index is 1.80. The fourth-order valence-corrected chi connectivity index (χ4v) is 3.62. The number of hydrogen-bond donors (Lipinski definition) is 1. The van der Waals surface area contributed by atoms with Crippen molar-refractivity contribution in [2.45, 2.75) is 18.9 Å². The summed E-state index contributed by atoms with van der Waals surface area (Å²) in [5, 5.41) is 0. The molecular weight excluding hydrogens is 280 g/mol. The van der Waals surface area contributed by atoms with E-state index in [1.165, 1.54) is 10.6 Å². The Kier molecular flexibility index (Phi) is 5.00. The van der Waals surface area contributed by atoms with Crippen LogP contribution in [0.3, 0.4) is 0 Å². The molecule has 0 spiro atoms. The zero-order valence-corrected chi connectivity index (χ0v) is 12.8. The van der Waals surface area contributed by atoms with Gasteiger partial charge in [0.15, 0.2) is 0 Å². The van der Waals surface area contributed by atoms with Crippen molar-refractivity contribution < 1.29 is 13.2 Å². The van der Waals surface area contributed by atoms with Gasteiger partial charge in [-0.25, -0.2) is 8.42 Å². The smallest absolute Gasteiger partial charge is 0.236 e. The van der Waals surface area contributed by atoms with E-state index < -0.39 is 10.0 Å². The van der Waals surface area contributed by atoms with Gasteiger partial charge in [0.05, 0.1) is 12.8 Å². The van der Waals surface area contributed by atoms with Crippen LogP contribution in [0.25, 0.3) is 0 Å². The quantitative estimate of drug-likeness (QED) is 0.687. The minimum absolute atomic E-state index is 0.0762. The molecule has 1 atom stereocenters. The van der Waals surface area contributed by atoms with Crippen LogP contribution in [0, 0.1) is 0 Å². The number of amides is 1. The number of piperazine rings is 1. The Morgan fingerprint density at radius 2 is 1.85 bits per heavy atom. The second kappa shape index (κ2) is 6.38. The molecule has 1 amide bonds. The summed E-state index contributed by atoms with van der Waals surface area (Å²) in [5.41, 5.74) is 5.91. The molecule has 116 valence electrons. The number of carbonyl (C=O) groups is 1. The van der Waals surface area contributed by atoms with Crippen LogP contribution in [0.4, 0.5) is 0 Å². The molecule has 0 aliphatic carbocycles. The van der Waals surface area contributed by atoms with E-state index in [0.717, 1.165) is 25.9 Å². The van der Waals surface area contributed by atoms with Crippen LogP contribution in [0.2, 0.25) is 0 Å². The Labute approximate surface area is 120 Å². The molecule has 0 aromatic carbocycles. The lowest BCUT2D eigenvalue weighted by Gasteiger charge is -2.36. The van der Waals surface area contributed by atoms with Gasteiger partial charge in [0.25, 0.3) is 0 Å². The van der Waals surface area contributed by atoms with Crippen LogP contribution in [0.1, 0.15) is 12.8 Å². The van der Waals surface area contributed by atoms with E-state index in [-0.39, 0.29) is 11.9 Å². The van der Waals surface area contributed by atoms with Gasteiger partial charge >= 0.3 is 0 Å². The minimum atomic E-state index is -3.14. The molecule has 2 saturated heterocycles. The van der Waals surface area contributed by atoms with Gasteiger partial charge in [0.1, 0.15) is 0 Å². The molecule has 2 N–H and O–H groups in total. The first-order chi connectivity index (χ1) is 9.36. The lowest BCUT2D eigenvalue weighted by atomic mass is 10.1. The number of nitrogens with two attached hydrogens (primary N) is 1. The molecule has 2 fully saturated rings. The van der Waals surface area contributed by atoms with E-state index in [1.54, 1.807) is 4.90 Å². The molecule has 2 aliphatic rings. The van der Waals surface area contributed by atoms with Gasteiger partial charge in [-0.05, 0) is 19.4 Å². The third-order valence-corrected chi connectivity index (χ3v) is 5.26. The van der Waals surface area contributed by atoms with E-state index in [9.17, 15) is 13.2 Å². The zero-order chi connectivity index (χ0) is 14.8. The Morgan fingerprint density at radius 3 is 2.40 bits per heavy atom. The molecule has 1 unspecified atom stereocenters. The third-order valence-electron chi connectivity index (χ3n) is 3.96. The fourth-order valence-electron chi connectivity index (χ4n) is 2.80. The monoisotopic (exact) mass is 304 g/mol. The van der Waals surface area contributed by atoms with Crippen LogP contribution in [0.15, 0.2) is 0 Å². The summed E-state index contributed by atoms with van der Waals surface area (Å²) < 4.78 is 24.3. The van der Waals surface area contributed by atoms with Crippen LogP contribution >= 0.6 is 0 Å². The number of hydrogen-bond acceptors (Lipinski definition) is 5. The maximum atomic E-state index is 12.2. The fraction of sp³-hybridized carbons (Fsp3) is 0.917. The van der Waals surface area contributed by atoms with Crippen molar-refractivity contribution in [3.63, 3.8) is 0 Å². The molecule has 0 aromatic heterocycles. The lowest BCUT2D eigenvalue weighted by molar-refractivity contribution is -0.133. The highest BCUT2D eigenvalue weighted by atomic mass is 32.2. The molecule has 8 heteroatoms. The molecule has 0 aromatic rings. The van der Waals surface area contributed by atoms with E-state index in [1.807, 2.05) is 0 Å². The van der Waals surface area contributed by atoms with Gasteiger partial charge in [-0.2, -0.15) is 4.31 Å². The van der Waals surface area contributed by atoms with Gasteiger partial charge in [0.2, 0.25) is 15.9 Å². The van der Waals surface area contributed by atoms with Crippen molar-refractivity contribution in [3.05, 3.63) is 0 Å². The van der Waals surface area contributed by atoms with E-state index >= 15 is 0 Å². The van der Waals surface area contributed by atoms with Gasteiger partial charge in [-0.15, -0.1) is 0 Å². The van der Waals surface area contributed by atoms with Crippen molar-refractivity contribution in [1.29, 1.82) is 0 Å². The Bertz CT molecular complexity index is 446. The normalized spacial score (nSPS) is 26.7. The molecule has 2 rings (SSSR count). The summed E-state index contributed by atoms with van der Waals surface area (Å²) in [6.07, 6.45) is 3.27. The van der Waals surface area contributed by atoms with E-state index in [2.05, 4.69) is 4.90 Å². The second-order valence-corrected chi connectivity index (χ2v) is 7.66. The topological polar surface area (TPSA) is 87.0 Å². The van der Waals surface area contributed by atoms with Gasteiger partial charge in [0, 0.05) is 38.8 Å².